The zero-order valence-corrected chi connectivity index (χ0v) is 20.1. The molecule has 1 fully saturated rings. The Hall–Kier alpha value is -3.15. The van der Waals surface area contributed by atoms with Crippen LogP contribution < -0.4 is 10.6 Å². The molecule has 3 rings (SSSR count). The van der Waals surface area contributed by atoms with Crippen molar-refractivity contribution in [2.24, 2.45) is 11.8 Å². The lowest BCUT2D eigenvalue weighted by Crippen LogP contribution is -2.54. The minimum atomic E-state index is -0.632. The summed E-state index contributed by atoms with van der Waals surface area (Å²) in [5.41, 5.74) is 3.24. The maximum Gasteiger partial charge on any atom is 0.253 e. The number of piperidine rings is 1. The maximum atomic E-state index is 13.1. The molecule has 1 saturated heterocycles. The van der Waals surface area contributed by atoms with Crippen molar-refractivity contribution in [1.29, 1.82) is 0 Å². The molecule has 6 heteroatoms. The van der Waals surface area contributed by atoms with E-state index < -0.39 is 6.04 Å². The predicted molar refractivity (Wildman–Crippen MR) is 130 cm³/mol. The van der Waals surface area contributed by atoms with Gasteiger partial charge in [-0.1, -0.05) is 49.7 Å². The van der Waals surface area contributed by atoms with Gasteiger partial charge in [0, 0.05) is 30.8 Å². The zero-order valence-electron chi connectivity index (χ0n) is 20.1. The first-order valence-corrected chi connectivity index (χ1v) is 11.8. The van der Waals surface area contributed by atoms with Crippen LogP contribution in [-0.4, -0.2) is 48.3 Å². The van der Waals surface area contributed by atoms with Crippen molar-refractivity contribution >= 4 is 17.7 Å². The molecule has 2 aromatic carbocycles. The van der Waals surface area contributed by atoms with Gasteiger partial charge in [-0.3, -0.25) is 14.4 Å². The summed E-state index contributed by atoms with van der Waals surface area (Å²) in [6, 6.07) is 14.3. The molecule has 6 nitrogen and oxygen atoms in total. The molecule has 176 valence electrons. The Morgan fingerprint density at radius 1 is 0.970 bits per heavy atom. The third kappa shape index (κ3) is 6.44. The molecule has 0 bridgehead atoms. The van der Waals surface area contributed by atoms with Gasteiger partial charge in [0.15, 0.2) is 0 Å². The van der Waals surface area contributed by atoms with Crippen molar-refractivity contribution in [1.82, 2.24) is 15.5 Å². The van der Waals surface area contributed by atoms with Gasteiger partial charge < -0.3 is 15.5 Å². The molecule has 2 N–H and O–H groups in total. The molecule has 3 amide bonds. The molecular weight excluding hydrogens is 414 g/mol. The van der Waals surface area contributed by atoms with Crippen LogP contribution in [0.2, 0.25) is 0 Å². The molecule has 33 heavy (non-hydrogen) atoms. The second kappa shape index (κ2) is 11.1. The van der Waals surface area contributed by atoms with Crippen LogP contribution >= 0.6 is 0 Å². The highest BCUT2D eigenvalue weighted by molar-refractivity contribution is 5.98. The Morgan fingerprint density at radius 2 is 1.61 bits per heavy atom. The van der Waals surface area contributed by atoms with Crippen molar-refractivity contribution in [3.63, 3.8) is 0 Å². The van der Waals surface area contributed by atoms with E-state index in [9.17, 15) is 14.4 Å². The summed E-state index contributed by atoms with van der Waals surface area (Å²) in [5.74, 6) is -0.106. The van der Waals surface area contributed by atoms with E-state index in [0.29, 0.717) is 49.5 Å². The second-order valence-electron chi connectivity index (χ2n) is 9.40. The Labute approximate surface area is 196 Å². The van der Waals surface area contributed by atoms with E-state index in [4.69, 9.17) is 0 Å². The largest absolute Gasteiger partial charge is 0.354 e. The molecule has 0 unspecified atom stereocenters. The van der Waals surface area contributed by atoms with Gasteiger partial charge in [0.05, 0.1) is 0 Å². The van der Waals surface area contributed by atoms with Gasteiger partial charge in [-0.05, 0) is 62.3 Å². The van der Waals surface area contributed by atoms with Crippen LogP contribution in [0.15, 0.2) is 48.5 Å². The summed E-state index contributed by atoms with van der Waals surface area (Å²) in [6.07, 6.45) is 1.32. The maximum absolute atomic E-state index is 13.1. The zero-order chi connectivity index (χ0) is 24.0. The number of carbonyl (C=O) groups is 3. The lowest BCUT2D eigenvalue weighted by atomic mass is 9.88. The van der Waals surface area contributed by atoms with Crippen LogP contribution in [0.1, 0.15) is 58.5 Å². The monoisotopic (exact) mass is 449 g/mol. The number of likely N-dealkylation sites (tertiary alicyclic amines) is 1. The van der Waals surface area contributed by atoms with Gasteiger partial charge in [-0.2, -0.15) is 0 Å². The smallest absolute Gasteiger partial charge is 0.253 e. The average Bonchev–Trinajstić information content (AvgIpc) is 2.81. The van der Waals surface area contributed by atoms with Crippen LogP contribution in [0.4, 0.5) is 0 Å². The van der Waals surface area contributed by atoms with Crippen molar-refractivity contribution in [3.8, 4) is 0 Å². The minimum absolute atomic E-state index is 0.0122. The number of benzene rings is 2. The first-order chi connectivity index (χ1) is 15.8. The second-order valence-corrected chi connectivity index (χ2v) is 9.40. The number of aryl methyl sites for hydroxylation is 2. The first-order valence-electron chi connectivity index (χ1n) is 11.8. The Bertz CT molecular complexity index is 976. The number of nitrogens with zero attached hydrogens (tertiary/aromatic N) is 1. The number of hydrogen-bond donors (Lipinski definition) is 2. The van der Waals surface area contributed by atoms with Crippen LogP contribution in [0.3, 0.4) is 0 Å². The highest BCUT2D eigenvalue weighted by Crippen LogP contribution is 2.23. The minimum Gasteiger partial charge on any atom is -0.354 e. The van der Waals surface area contributed by atoms with Crippen LogP contribution in [0, 0.1) is 25.7 Å². The van der Waals surface area contributed by atoms with E-state index in [1.165, 1.54) is 0 Å². The number of rotatable bonds is 7. The SMILES string of the molecule is Cc1ccc(C(=O)N2CCC([C@H](NC(=O)c3ccccc3C)C(=O)NCC(C)C)CC2)cc1. The number of hydrogen-bond acceptors (Lipinski definition) is 3. The quantitative estimate of drug-likeness (QED) is 0.676. The van der Waals surface area contributed by atoms with Gasteiger partial charge >= 0.3 is 0 Å². The lowest BCUT2D eigenvalue weighted by Gasteiger charge is -2.36. The van der Waals surface area contributed by atoms with E-state index in [1.54, 1.807) is 6.07 Å². The Kier molecular flexibility index (Phi) is 8.26. The molecule has 0 aromatic heterocycles. The molecule has 1 aliphatic heterocycles. The Morgan fingerprint density at radius 3 is 2.21 bits per heavy atom. The molecular formula is C27H35N3O3. The fraction of sp³-hybridized carbons (Fsp3) is 0.444. The van der Waals surface area contributed by atoms with Gasteiger partial charge in [-0.25, -0.2) is 0 Å². The van der Waals surface area contributed by atoms with Crippen molar-refractivity contribution in [3.05, 3.63) is 70.8 Å². The highest BCUT2D eigenvalue weighted by atomic mass is 16.2. The van der Waals surface area contributed by atoms with Crippen molar-refractivity contribution < 1.29 is 14.4 Å². The normalized spacial score (nSPS) is 15.2. The number of carbonyl (C=O) groups excluding carboxylic acids is 3. The van der Waals surface area contributed by atoms with Gasteiger partial charge in [0.1, 0.15) is 6.04 Å². The highest BCUT2D eigenvalue weighted by Gasteiger charge is 2.34. The van der Waals surface area contributed by atoms with E-state index in [0.717, 1.165) is 11.1 Å². The molecule has 0 radical (unpaired) electrons. The topological polar surface area (TPSA) is 78.5 Å². The van der Waals surface area contributed by atoms with E-state index in [-0.39, 0.29) is 23.6 Å². The third-order valence-corrected chi connectivity index (χ3v) is 6.24. The molecule has 1 aliphatic rings. The summed E-state index contributed by atoms with van der Waals surface area (Å²) in [4.78, 5) is 40.8. The molecule has 0 saturated carbocycles. The predicted octanol–water partition coefficient (Wildman–Crippen LogP) is 3.73. The fourth-order valence-electron chi connectivity index (χ4n) is 4.17. The fourth-order valence-corrected chi connectivity index (χ4v) is 4.17. The molecule has 1 heterocycles. The number of amides is 3. The molecule has 1 atom stereocenters. The van der Waals surface area contributed by atoms with Crippen molar-refractivity contribution in [2.75, 3.05) is 19.6 Å². The van der Waals surface area contributed by atoms with Crippen LogP contribution in [-0.2, 0) is 4.79 Å². The first kappa shape index (κ1) is 24.5. The van der Waals surface area contributed by atoms with Crippen LogP contribution in [0.25, 0.3) is 0 Å². The summed E-state index contributed by atoms with van der Waals surface area (Å²) in [6.45, 7) is 9.64. The van der Waals surface area contributed by atoms with E-state index in [2.05, 4.69) is 10.6 Å². The lowest BCUT2D eigenvalue weighted by molar-refractivity contribution is -0.124. The van der Waals surface area contributed by atoms with Gasteiger partial charge in [-0.15, -0.1) is 0 Å². The van der Waals surface area contributed by atoms with Gasteiger partial charge in [0.2, 0.25) is 5.91 Å². The molecule has 0 spiro atoms. The molecule has 2 aromatic rings. The van der Waals surface area contributed by atoms with Gasteiger partial charge in [0.25, 0.3) is 11.8 Å². The molecule has 0 aliphatic carbocycles. The standard InChI is InChI=1S/C27H35N3O3/c1-18(2)17-28-26(32)24(29-25(31)23-8-6-5-7-20(23)4)21-13-15-30(16-14-21)27(33)22-11-9-19(3)10-12-22/h5-12,18,21,24H,13-17H2,1-4H3,(H,28,32)(H,29,31)/t24-/m0/s1. The van der Waals surface area contributed by atoms with Crippen molar-refractivity contribution in [2.45, 2.75) is 46.6 Å². The Balaban J connectivity index is 1.69. The van der Waals surface area contributed by atoms with E-state index in [1.807, 2.05) is 75.1 Å². The summed E-state index contributed by atoms with van der Waals surface area (Å²) in [5, 5.41) is 5.98. The average molecular weight is 450 g/mol. The summed E-state index contributed by atoms with van der Waals surface area (Å²) >= 11 is 0. The third-order valence-electron chi connectivity index (χ3n) is 6.24. The summed E-state index contributed by atoms with van der Waals surface area (Å²) in [7, 11) is 0. The van der Waals surface area contributed by atoms with Crippen LogP contribution in [0.5, 0.6) is 0 Å². The van der Waals surface area contributed by atoms with E-state index >= 15 is 0 Å². The summed E-state index contributed by atoms with van der Waals surface area (Å²) < 4.78 is 0. The number of nitrogens with one attached hydrogen (secondary N) is 2.